The molecule has 1 aliphatic heterocycles. The number of nitrogens with zero attached hydrogens (tertiary/aromatic N) is 4. The summed E-state index contributed by atoms with van der Waals surface area (Å²) < 4.78 is 5.07. The Hall–Kier alpha value is -2.02. The molecule has 0 saturated carbocycles. The number of nitrogens with two attached hydrogens (primary N) is 1. The van der Waals surface area contributed by atoms with Crippen LogP contribution in [0, 0.1) is 12.8 Å². The maximum absolute atomic E-state index is 12.0. The fourth-order valence-corrected chi connectivity index (χ4v) is 2.25. The zero-order chi connectivity index (χ0) is 12.7. The lowest BCUT2D eigenvalue weighted by Gasteiger charge is -2.15. The summed E-state index contributed by atoms with van der Waals surface area (Å²) >= 11 is 0. The lowest BCUT2D eigenvalue weighted by molar-refractivity contribution is -0.117. The van der Waals surface area contributed by atoms with Crippen LogP contribution < -0.4 is 10.6 Å². The van der Waals surface area contributed by atoms with Crippen LogP contribution in [0.2, 0.25) is 0 Å². The summed E-state index contributed by atoms with van der Waals surface area (Å²) in [6, 6.07) is 0. The molecule has 7 nitrogen and oxygen atoms in total. The van der Waals surface area contributed by atoms with Crippen molar-refractivity contribution in [3.05, 3.63) is 12.0 Å². The van der Waals surface area contributed by atoms with Crippen LogP contribution in [0.1, 0.15) is 12.1 Å². The Morgan fingerprint density at radius 1 is 1.56 bits per heavy atom. The average molecular weight is 247 g/mol. The lowest BCUT2D eigenvalue weighted by atomic mass is 10.1. The Bertz CT molecular complexity index is 608. The van der Waals surface area contributed by atoms with E-state index in [9.17, 15) is 4.79 Å². The number of anilines is 1. The van der Waals surface area contributed by atoms with E-state index in [0.29, 0.717) is 42.1 Å². The van der Waals surface area contributed by atoms with Gasteiger partial charge in [-0.3, -0.25) is 9.69 Å². The standard InChI is InChI=1S/C11H13N5O2/c1-6-9-10(13-5-14-11(9)18-15-6)16-4-7(3-12)2-8(16)17/h5,7H,2-4,12H2,1H3. The number of hydrogen-bond acceptors (Lipinski definition) is 6. The van der Waals surface area contributed by atoms with E-state index in [1.165, 1.54) is 6.33 Å². The third kappa shape index (κ3) is 1.55. The van der Waals surface area contributed by atoms with Gasteiger partial charge in [-0.15, -0.1) is 0 Å². The SMILES string of the molecule is Cc1noc2ncnc(N3CC(CN)CC3=O)c12. The summed E-state index contributed by atoms with van der Waals surface area (Å²) in [4.78, 5) is 21.8. The molecule has 0 spiro atoms. The first kappa shape index (κ1) is 11.1. The second-order valence-electron chi connectivity index (χ2n) is 4.46. The number of rotatable bonds is 2. The highest BCUT2D eigenvalue weighted by molar-refractivity contribution is 6.02. The van der Waals surface area contributed by atoms with E-state index in [0.717, 1.165) is 0 Å². The normalized spacial score (nSPS) is 20.0. The van der Waals surface area contributed by atoms with Crippen molar-refractivity contribution in [1.82, 2.24) is 15.1 Å². The fourth-order valence-electron chi connectivity index (χ4n) is 2.25. The van der Waals surface area contributed by atoms with E-state index in [1.54, 1.807) is 11.8 Å². The Balaban J connectivity index is 2.09. The Morgan fingerprint density at radius 3 is 3.11 bits per heavy atom. The predicted molar refractivity (Wildman–Crippen MR) is 63.9 cm³/mol. The van der Waals surface area contributed by atoms with Gasteiger partial charge in [0.05, 0.1) is 5.69 Å². The number of amides is 1. The molecule has 0 aromatic carbocycles. The van der Waals surface area contributed by atoms with Gasteiger partial charge in [0.1, 0.15) is 11.7 Å². The largest absolute Gasteiger partial charge is 0.335 e. The van der Waals surface area contributed by atoms with Crippen molar-refractivity contribution in [2.75, 3.05) is 18.0 Å². The van der Waals surface area contributed by atoms with E-state index in [2.05, 4.69) is 15.1 Å². The highest BCUT2D eigenvalue weighted by Crippen LogP contribution is 2.30. The molecule has 2 aromatic heterocycles. The highest BCUT2D eigenvalue weighted by atomic mass is 16.5. The molecule has 1 atom stereocenters. The molecule has 0 aliphatic carbocycles. The van der Waals surface area contributed by atoms with Crippen molar-refractivity contribution in [2.24, 2.45) is 11.7 Å². The van der Waals surface area contributed by atoms with Gasteiger partial charge in [0.15, 0.2) is 5.82 Å². The maximum Gasteiger partial charge on any atom is 0.263 e. The van der Waals surface area contributed by atoms with Gasteiger partial charge in [0.25, 0.3) is 5.71 Å². The topological polar surface area (TPSA) is 98.1 Å². The molecule has 1 unspecified atom stereocenters. The fraction of sp³-hybridized carbons (Fsp3) is 0.455. The highest BCUT2D eigenvalue weighted by Gasteiger charge is 2.32. The minimum atomic E-state index is 0.0334. The number of hydrogen-bond donors (Lipinski definition) is 1. The molecule has 1 fully saturated rings. The van der Waals surface area contributed by atoms with Crippen LogP contribution in [0.15, 0.2) is 10.9 Å². The maximum atomic E-state index is 12.0. The molecule has 94 valence electrons. The number of aryl methyl sites for hydroxylation is 1. The molecule has 0 radical (unpaired) electrons. The van der Waals surface area contributed by atoms with Gasteiger partial charge in [-0.25, -0.2) is 4.98 Å². The quantitative estimate of drug-likeness (QED) is 0.816. The summed E-state index contributed by atoms with van der Waals surface area (Å²) in [5.74, 6) is 0.786. The van der Waals surface area contributed by atoms with Gasteiger partial charge in [-0.05, 0) is 19.4 Å². The van der Waals surface area contributed by atoms with Crippen LogP contribution in [0.3, 0.4) is 0 Å². The third-order valence-corrected chi connectivity index (χ3v) is 3.22. The van der Waals surface area contributed by atoms with Crippen molar-refractivity contribution in [3.8, 4) is 0 Å². The Morgan fingerprint density at radius 2 is 2.39 bits per heavy atom. The van der Waals surface area contributed by atoms with E-state index in [4.69, 9.17) is 10.3 Å². The molecule has 7 heteroatoms. The van der Waals surface area contributed by atoms with E-state index in [1.807, 2.05) is 0 Å². The average Bonchev–Trinajstić information content (AvgIpc) is 2.93. The smallest absolute Gasteiger partial charge is 0.263 e. The van der Waals surface area contributed by atoms with E-state index >= 15 is 0 Å². The van der Waals surface area contributed by atoms with Crippen LogP contribution >= 0.6 is 0 Å². The first-order valence-corrected chi connectivity index (χ1v) is 5.78. The second-order valence-corrected chi connectivity index (χ2v) is 4.46. The van der Waals surface area contributed by atoms with Gasteiger partial charge < -0.3 is 10.3 Å². The number of carbonyl (C=O) groups is 1. The van der Waals surface area contributed by atoms with Gasteiger partial charge in [-0.2, -0.15) is 4.98 Å². The molecule has 1 aliphatic rings. The molecule has 18 heavy (non-hydrogen) atoms. The summed E-state index contributed by atoms with van der Waals surface area (Å²) in [5.41, 5.74) is 6.71. The summed E-state index contributed by atoms with van der Waals surface area (Å²) in [7, 11) is 0. The third-order valence-electron chi connectivity index (χ3n) is 3.22. The lowest BCUT2D eigenvalue weighted by Crippen LogP contribution is -2.27. The second kappa shape index (κ2) is 4.02. The van der Waals surface area contributed by atoms with E-state index < -0.39 is 0 Å². The first-order valence-electron chi connectivity index (χ1n) is 5.78. The van der Waals surface area contributed by atoms with Crippen LogP contribution in [0.5, 0.6) is 0 Å². The van der Waals surface area contributed by atoms with Crippen molar-refractivity contribution < 1.29 is 9.32 Å². The zero-order valence-electron chi connectivity index (χ0n) is 9.96. The van der Waals surface area contributed by atoms with Gasteiger partial charge >= 0.3 is 0 Å². The van der Waals surface area contributed by atoms with Crippen LogP contribution in [0.4, 0.5) is 5.82 Å². The monoisotopic (exact) mass is 247 g/mol. The zero-order valence-corrected chi connectivity index (χ0v) is 9.96. The predicted octanol–water partition coefficient (Wildman–Crippen LogP) is 0.238. The van der Waals surface area contributed by atoms with E-state index in [-0.39, 0.29) is 11.8 Å². The molecule has 3 heterocycles. The van der Waals surface area contributed by atoms with Crippen LogP contribution in [-0.2, 0) is 4.79 Å². The molecule has 3 rings (SSSR count). The number of aromatic nitrogens is 3. The molecule has 1 amide bonds. The van der Waals surface area contributed by atoms with Crippen LogP contribution in [-0.4, -0.2) is 34.1 Å². The molecule has 0 bridgehead atoms. The van der Waals surface area contributed by atoms with Crippen molar-refractivity contribution >= 4 is 22.8 Å². The summed E-state index contributed by atoms with van der Waals surface area (Å²) in [6.07, 6.45) is 1.84. The van der Waals surface area contributed by atoms with Gasteiger partial charge in [-0.1, -0.05) is 5.16 Å². The molecule has 2 aromatic rings. The Kier molecular flexibility index (Phi) is 2.48. The Labute approximate surface area is 103 Å². The van der Waals surface area contributed by atoms with Gasteiger partial charge in [0.2, 0.25) is 5.91 Å². The molecule has 2 N–H and O–H groups in total. The van der Waals surface area contributed by atoms with Crippen LogP contribution in [0.25, 0.3) is 11.1 Å². The molecular formula is C11H13N5O2. The minimum absolute atomic E-state index is 0.0334. The summed E-state index contributed by atoms with van der Waals surface area (Å²) in [5, 5.41) is 4.55. The molecule has 1 saturated heterocycles. The van der Waals surface area contributed by atoms with Crippen molar-refractivity contribution in [1.29, 1.82) is 0 Å². The first-order chi connectivity index (χ1) is 8.70. The van der Waals surface area contributed by atoms with Crippen molar-refractivity contribution in [3.63, 3.8) is 0 Å². The van der Waals surface area contributed by atoms with Crippen molar-refractivity contribution in [2.45, 2.75) is 13.3 Å². The number of carbonyl (C=O) groups excluding carboxylic acids is 1. The number of fused-ring (bicyclic) bond motifs is 1. The van der Waals surface area contributed by atoms with Gasteiger partial charge in [0, 0.05) is 13.0 Å². The molecular weight excluding hydrogens is 234 g/mol. The minimum Gasteiger partial charge on any atom is -0.335 e. The summed E-state index contributed by atoms with van der Waals surface area (Å²) in [6.45, 7) is 2.89.